The van der Waals surface area contributed by atoms with E-state index in [9.17, 15) is 0 Å². The summed E-state index contributed by atoms with van der Waals surface area (Å²) in [6, 6.07) is 4.19. The van der Waals surface area contributed by atoms with Crippen molar-refractivity contribution in [1.29, 1.82) is 0 Å². The van der Waals surface area contributed by atoms with Crippen LogP contribution in [0, 0.1) is 20.8 Å². The molecular formula is C10H16N2. The molecule has 2 nitrogen and oxygen atoms in total. The van der Waals surface area contributed by atoms with Crippen molar-refractivity contribution in [2.24, 2.45) is 11.5 Å². The van der Waals surface area contributed by atoms with Crippen LogP contribution in [-0.2, 0) is 0 Å². The maximum Gasteiger partial charge on any atom is 0.0787 e. The van der Waals surface area contributed by atoms with Gasteiger partial charge in [0.05, 0.1) is 6.17 Å². The lowest BCUT2D eigenvalue weighted by Gasteiger charge is -2.12. The average Bonchev–Trinajstić information content (AvgIpc) is 1.96. The molecule has 1 aromatic rings. The Hall–Kier alpha value is -0.860. The monoisotopic (exact) mass is 164 g/mol. The normalized spacial score (nSPS) is 10.8. The van der Waals surface area contributed by atoms with Gasteiger partial charge in [-0.25, -0.2) is 0 Å². The summed E-state index contributed by atoms with van der Waals surface area (Å²) in [5.41, 5.74) is 16.0. The van der Waals surface area contributed by atoms with Crippen molar-refractivity contribution in [3.8, 4) is 0 Å². The van der Waals surface area contributed by atoms with Crippen LogP contribution >= 0.6 is 0 Å². The molecule has 0 aliphatic rings. The second kappa shape index (κ2) is 3.25. The maximum atomic E-state index is 5.61. The zero-order valence-electron chi connectivity index (χ0n) is 7.89. The summed E-state index contributed by atoms with van der Waals surface area (Å²) in [7, 11) is 0. The molecule has 0 fully saturated rings. The van der Waals surface area contributed by atoms with Crippen LogP contribution in [0.1, 0.15) is 28.4 Å². The van der Waals surface area contributed by atoms with Gasteiger partial charge in [0.1, 0.15) is 0 Å². The zero-order valence-corrected chi connectivity index (χ0v) is 7.89. The third kappa shape index (κ3) is 1.65. The van der Waals surface area contributed by atoms with Crippen LogP contribution in [0.5, 0.6) is 0 Å². The van der Waals surface area contributed by atoms with E-state index in [2.05, 4.69) is 26.0 Å². The lowest BCUT2D eigenvalue weighted by Crippen LogP contribution is -2.21. The van der Waals surface area contributed by atoms with Crippen molar-refractivity contribution in [2.45, 2.75) is 26.9 Å². The van der Waals surface area contributed by atoms with E-state index in [1.54, 1.807) is 0 Å². The van der Waals surface area contributed by atoms with E-state index in [1.165, 1.54) is 16.7 Å². The van der Waals surface area contributed by atoms with Gasteiger partial charge in [-0.2, -0.15) is 0 Å². The Bertz CT molecular complexity index is 290. The summed E-state index contributed by atoms with van der Waals surface area (Å²) < 4.78 is 0. The molecule has 0 atom stereocenters. The molecule has 12 heavy (non-hydrogen) atoms. The number of benzene rings is 1. The van der Waals surface area contributed by atoms with Crippen molar-refractivity contribution < 1.29 is 0 Å². The first-order chi connectivity index (χ1) is 5.52. The SMILES string of the molecule is Cc1cc(C)c(C(N)N)cc1C. The lowest BCUT2D eigenvalue weighted by molar-refractivity contribution is 0.765. The fraction of sp³-hybridized carbons (Fsp3) is 0.400. The molecule has 0 amide bonds. The van der Waals surface area contributed by atoms with Crippen molar-refractivity contribution in [3.05, 3.63) is 34.4 Å². The highest BCUT2D eigenvalue weighted by molar-refractivity contribution is 5.37. The average molecular weight is 164 g/mol. The van der Waals surface area contributed by atoms with Crippen LogP contribution in [0.4, 0.5) is 0 Å². The molecule has 1 rings (SSSR count). The largest absolute Gasteiger partial charge is 0.312 e. The summed E-state index contributed by atoms with van der Waals surface area (Å²) in [6.45, 7) is 6.20. The molecule has 1 aromatic carbocycles. The van der Waals surface area contributed by atoms with E-state index in [-0.39, 0.29) is 6.17 Å². The smallest absolute Gasteiger partial charge is 0.0787 e. The van der Waals surface area contributed by atoms with Crippen molar-refractivity contribution in [3.63, 3.8) is 0 Å². The van der Waals surface area contributed by atoms with Crippen LogP contribution in [0.25, 0.3) is 0 Å². The van der Waals surface area contributed by atoms with Gasteiger partial charge >= 0.3 is 0 Å². The number of hydrogen-bond donors (Lipinski definition) is 2. The molecule has 2 heteroatoms. The van der Waals surface area contributed by atoms with Gasteiger partial charge < -0.3 is 11.5 Å². The maximum absolute atomic E-state index is 5.61. The van der Waals surface area contributed by atoms with E-state index in [1.807, 2.05) is 6.92 Å². The van der Waals surface area contributed by atoms with Crippen LogP contribution in [0.15, 0.2) is 12.1 Å². The second-order valence-corrected chi connectivity index (χ2v) is 3.32. The highest BCUT2D eigenvalue weighted by Crippen LogP contribution is 2.17. The van der Waals surface area contributed by atoms with E-state index < -0.39 is 0 Å². The number of rotatable bonds is 1. The van der Waals surface area contributed by atoms with Crippen LogP contribution in [-0.4, -0.2) is 0 Å². The lowest BCUT2D eigenvalue weighted by atomic mass is 9.99. The molecule has 66 valence electrons. The Balaban J connectivity index is 3.23. The molecule has 0 bridgehead atoms. The van der Waals surface area contributed by atoms with Gasteiger partial charge in [0.2, 0.25) is 0 Å². The Morgan fingerprint density at radius 2 is 1.42 bits per heavy atom. The third-order valence-electron chi connectivity index (χ3n) is 2.24. The topological polar surface area (TPSA) is 52.0 Å². The Kier molecular flexibility index (Phi) is 2.50. The minimum Gasteiger partial charge on any atom is -0.312 e. The first kappa shape index (κ1) is 9.23. The van der Waals surface area contributed by atoms with Gasteiger partial charge in [0, 0.05) is 0 Å². The standard InChI is InChI=1S/C10H16N2/c1-6-4-8(3)9(10(11)12)5-7(6)2/h4-5,10H,11-12H2,1-3H3. The van der Waals surface area contributed by atoms with Gasteiger partial charge in [-0.3, -0.25) is 0 Å². The van der Waals surface area contributed by atoms with Gasteiger partial charge in [0.25, 0.3) is 0 Å². The van der Waals surface area contributed by atoms with E-state index in [0.29, 0.717) is 0 Å². The summed E-state index contributed by atoms with van der Waals surface area (Å²) in [5, 5.41) is 0. The Labute approximate surface area is 73.6 Å². The minimum atomic E-state index is -0.357. The van der Waals surface area contributed by atoms with Gasteiger partial charge in [-0.05, 0) is 43.0 Å². The summed E-state index contributed by atoms with van der Waals surface area (Å²) in [5.74, 6) is 0. The number of aryl methyl sites for hydroxylation is 3. The fourth-order valence-electron chi connectivity index (χ4n) is 1.34. The first-order valence-corrected chi connectivity index (χ1v) is 4.11. The predicted octanol–water partition coefficient (Wildman–Crippen LogP) is 1.53. The van der Waals surface area contributed by atoms with E-state index >= 15 is 0 Å². The molecule has 0 saturated heterocycles. The fourth-order valence-corrected chi connectivity index (χ4v) is 1.34. The number of nitrogens with two attached hydrogens (primary N) is 2. The van der Waals surface area contributed by atoms with E-state index in [0.717, 1.165) is 5.56 Å². The number of hydrogen-bond acceptors (Lipinski definition) is 2. The van der Waals surface area contributed by atoms with Gasteiger partial charge in [-0.15, -0.1) is 0 Å². The molecule has 0 heterocycles. The second-order valence-electron chi connectivity index (χ2n) is 3.32. The van der Waals surface area contributed by atoms with Crippen LogP contribution in [0.3, 0.4) is 0 Å². The highest BCUT2D eigenvalue weighted by atomic mass is 14.8. The van der Waals surface area contributed by atoms with Crippen molar-refractivity contribution in [1.82, 2.24) is 0 Å². The third-order valence-corrected chi connectivity index (χ3v) is 2.24. The predicted molar refractivity (Wildman–Crippen MR) is 51.8 cm³/mol. The Morgan fingerprint density at radius 3 is 1.92 bits per heavy atom. The summed E-state index contributed by atoms with van der Waals surface area (Å²) >= 11 is 0. The Morgan fingerprint density at radius 1 is 0.917 bits per heavy atom. The summed E-state index contributed by atoms with van der Waals surface area (Å²) in [4.78, 5) is 0. The van der Waals surface area contributed by atoms with Crippen molar-refractivity contribution >= 4 is 0 Å². The van der Waals surface area contributed by atoms with E-state index in [4.69, 9.17) is 11.5 Å². The molecular weight excluding hydrogens is 148 g/mol. The highest BCUT2D eigenvalue weighted by Gasteiger charge is 2.05. The van der Waals surface area contributed by atoms with Gasteiger partial charge in [0.15, 0.2) is 0 Å². The minimum absolute atomic E-state index is 0.357. The molecule has 0 aromatic heterocycles. The molecule has 4 N–H and O–H groups in total. The van der Waals surface area contributed by atoms with Gasteiger partial charge in [-0.1, -0.05) is 12.1 Å². The molecule has 0 aliphatic carbocycles. The van der Waals surface area contributed by atoms with Crippen LogP contribution in [0.2, 0.25) is 0 Å². The molecule has 0 saturated carbocycles. The molecule has 0 unspecified atom stereocenters. The molecule has 0 aliphatic heterocycles. The van der Waals surface area contributed by atoms with Crippen LogP contribution < -0.4 is 11.5 Å². The first-order valence-electron chi connectivity index (χ1n) is 4.11. The molecule has 0 spiro atoms. The summed E-state index contributed by atoms with van der Waals surface area (Å²) in [6.07, 6.45) is -0.357. The van der Waals surface area contributed by atoms with Crippen molar-refractivity contribution in [2.75, 3.05) is 0 Å². The quantitative estimate of drug-likeness (QED) is 0.618. The molecule has 0 radical (unpaired) electrons. The zero-order chi connectivity index (χ0) is 9.30.